The van der Waals surface area contributed by atoms with Gasteiger partial charge in [0.1, 0.15) is 11.4 Å². The molecule has 1 fully saturated rings. The maximum atomic E-state index is 13.2. The quantitative estimate of drug-likeness (QED) is 0.795. The maximum absolute atomic E-state index is 13.2. The number of amides is 2. The molecule has 2 rings (SSSR count). The van der Waals surface area contributed by atoms with E-state index >= 15 is 0 Å². The largest absolute Gasteiger partial charge is 0.480 e. The lowest BCUT2D eigenvalue weighted by Gasteiger charge is -2.33. The SMILES string of the molecule is Cc1ccc(F)cc1NC(=O)NC1(C(=O)O)CCOCC1. The summed E-state index contributed by atoms with van der Waals surface area (Å²) in [5.41, 5.74) is -0.355. The topological polar surface area (TPSA) is 87.7 Å². The molecule has 0 radical (unpaired) electrons. The van der Waals surface area contributed by atoms with E-state index in [0.29, 0.717) is 11.3 Å². The lowest BCUT2D eigenvalue weighted by atomic mass is 9.90. The zero-order chi connectivity index (χ0) is 15.5. The molecule has 0 aliphatic carbocycles. The van der Waals surface area contributed by atoms with Gasteiger partial charge in [0.2, 0.25) is 0 Å². The first kappa shape index (κ1) is 15.2. The second kappa shape index (κ2) is 6.09. The van der Waals surface area contributed by atoms with Crippen LogP contribution in [0, 0.1) is 12.7 Å². The second-order valence-corrected chi connectivity index (χ2v) is 5.04. The Morgan fingerprint density at radius 3 is 2.62 bits per heavy atom. The van der Waals surface area contributed by atoms with Gasteiger partial charge < -0.3 is 20.5 Å². The van der Waals surface area contributed by atoms with Crippen molar-refractivity contribution in [3.05, 3.63) is 29.6 Å². The monoisotopic (exact) mass is 296 g/mol. The number of aryl methyl sites for hydroxylation is 1. The summed E-state index contributed by atoms with van der Waals surface area (Å²) < 4.78 is 18.3. The molecular weight excluding hydrogens is 279 g/mol. The standard InChI is InChI=1S/C14H17FN2O4/c1-9-2-3-10(15)8-11(9)16-13(20)17-14(12(18)19)4-6-21-7-5-14/h2-3,8H,4-7H2,1H3,(H,18,19)(H2,16,17,20). The van der Waals surface area contributed by atoms with E-state index in [1.165, 1.54) is 18.2 Å². The van der Waals surface area contributed by atoms with Crippen LogP contribution in [0.2, 0.25) is 0 Å². The molecule has 0 bridgehead atoms. The van der Waals surface area contributed by atoms with Crippen LogP contribution in [-0.4, -0.2) is 35.9 Å². The van der Waals surface area contributed by atoms with E-state index in [1.807, 2.05) is 0 Å². The Labute approximate surface area is 121 Å². The van der Waals surface area contributed by atoms with Crippen molar-refractivity contribution >= 4 is 17.7 Å². The first-order valence-corrected chi connectivity index (χ1v) is 6.59. The van der Waals surface area contributed by atoms with Crippen molar-refractivity contribution in [3.63, 3.8) is 0 Å². The molecule has 0 saturated carbocycles. The Morgan fingerprint density at radius 1 is 1.33 bits per heavy atom. The summed E-state index contributed by atoms with van der Waals surface area (Å²) in [6, 6.07) is 3.34. The molecule has 114 valence electrons. The average Bonchev–Trinajstić information content (AvgIpc) is 2.43. The molecular formula is C14H17FN2O4. The van der Waals surface area contributed by atoms with E-state index in [-0.39, 0.29) is 26.1 Å². The lowest BCUT2D eigenvalue weighted by Crippen LogP contribution is -2.58. The number of hydrogen-bond acceptors (Lipinski definition) is 3. The number of carboxylic acid groups (broad SMARTS) is 1. The van der Waals surface area contributed by atoms with Gasteiger partial charge >= 0.3 is 12.0 Å². The van der Waals surface area contributed by atoms with Gasteiger partial charge in [-0.15, -0.1) is 0 Å². The number of rotatable bonds is 3. The number of carbonyl (C=O) groups excluding carboxylic acids is 1. The zero-order valence-electron chi connectivity index (χ0n) is 11.6. The van der Waals surface area contributed by atoms with Crippen LogP contribution in [0.4, 0.5) is 14.9 Å². The summed E-state index contributed by atoms with van der Waals surface area (Å²) in [4.78, 5) is 23.4. The fourth-order valence-corrected chi connectivity index (χ4v) is 2.21. The molecule has 0 aromatic heterocycles. The number of halogens is 1. The van der Waals surface area contributed by atoms with Crippen molar-refractivity contribution in [3.8, 4) is 0 Å². The first-order valence-electron chi connectivity index (χ1n) is 6.59. The van der Waals surface area contributed by atoms with Crippen LogP contribution in [0.1, 0.15) is 18.4 Å². The van der Waals surface area contributed by atoms with Crippen molar-refractivity contribution in [1.29, 1.82) is 0 Å². The molecule has 7 heteroatoms. The highest BCUT2D eigenvalue weighted by molar-refractivity contribution is 5.94. The molecule has 1 aliphatic rings. The predicted molar refractivity (Wildman–Crippen MR) is 73.7 cm³/mol. The molecule has 1 aromatic rings. The van der Waals surface area contributed by atoms with E-state index in [9.17, 15) is 19.1 Å². The van der Waals surface area contributed by atoms with E-state index in [2.05, 4.69) is 10.6 Å². The molecule has 0 unspecified atom stereocenters. The van der Waals surface area contributed by atoms with Crippen LogP contribution in [0.25, 0.3) is 0 Å². The fourth-order valence-electron chi connectivity index (χ4n) is 2.21. The van der Waals surface area contributed by atoms with Crippen LogP contribution < -0.4 is 10.6 Å². The normalized spacial score (nSPS) is 17.0. The summed E-state index contributed by atoms with van der Waals surface area (Å²) in [5.74, 6) is -1.58. The summed E-state index contributed by atoms with van der Waals surface area (Å²) >= 11 is 0. The maximum Gasteiger partial charge on any atom is 0.329 e. The van der Waals surface area contributed by atoms with Gasteiger partial charge in [0.15, 0.2) is 0 Å². The number of hydrogen-bond donors (Lipinski definition) is 3. The van der Waals surface area contributed by atoms with Crippen LogP contribution in [0.5, 0.6) is 0 Å². The van der Waals surface area contributed by atoms with Gasteiger partial charge in [-0.1, -0.05) is 6.07 Å². The van der Waals surface area contributed by atoms with E-state index in [4.69, 9.17) is 4.74 Å². The number of aliphatic carboxylic acids is 1. The average molecular weight is 296 g/mol. The minimum Gasteiger partial charge on any atom is -0.480 e. The summed E-state index contributed by atoms with van der Waals surface area (Å²) in [5, 5.41) is 14.3. The van der Waals surface area contributed by atoms with Crippen molar-refractivity contribution < 1.29 is 23.8 Å². The first-order chi connectivity index (χ1) is 9.93. The summed E-state index contributed by atoms with van der Waals surface area (Å²) in [6.07, 6.45) is 0.385. The number of urea groups is 1. The Balaban J connectivity index is 2.09. The summed E-state index contributed by atoms with van der Waals surface area (Å²) in [6.45, 7) is 2.26. The van der Waals surface area contributed by atoms with Crippen molar-refractivity contribution in [2.75, 3.05) is 18.5 Å². The number of anilines is 1. The Hall–Kier alpha value is -2.15. The van der Waals surface area contributed by atoms with E-state index in [1.54, 1.807) is 6.92 Å². The van der Waals surface area contributed by atoms with Crippen molar-refractivity contribution in [2.24, 2.45) is 0 Å². The van der Waals surface area contributed by atoms with E-state index in [0.717, 1.165) is 0 Å². The fraction of sp³-hybridized carbons (Fsp3) is 0.429. The van der Waals surface area contributed by atoms with Crippen LogP contribution >= 0.6 is 0 Å². The molecule has 1 saturated heterocycles. The highest BCUT2D eigenvalue weighted by atomic mass is 19.1. The molecule has 1 aliphatic heterocycles. The van der Waals surface area contributed by atoms with Gasteiger partial charge in [-0.2, -0.15) is 0 Å². The Kier molecular flexibility index (Phi) is 4.42. The van der Waals surface area contributed by atoms with Crippen molar-refractivity contribution in [1.82, 2.24) is 5.32 Å². The van der Waals surface area contributed by atoms with Gasteiger partial charge in [0.25, 0.3) is 0 Å². The minimum atomic E-state index is -1.34. The van der Waals surface area contributed by atoms with E-state index < -0.39 is 23.4 Å². The van der Waals surface area contributed by atoms with Gasteiger partial charge in [-0.05, 0) is 24.6 Å². The minimum absolute atomic E-state index is 0.192. The second-order valence-electron chi connectivity index (χ2n) is 5.04. The predicted octanol–water partition coefficient (Wildman–Crippen LogP) is 1.89. The third-order valence-electron chi connectivity index (χ3n) is 3.56. The highest BCUT2D eigenvalue weighted by Gasteiger charge is 2.41. The number of carbonyl (C=O) groups is 2. The molecule has 1 aromatic carbocycles. The van der Waals surface area contributed by atoms with Gasteiger partial charge in [0.05, 0.1) is 0 Å². The van der Waals surface area contributed by atoms with Crippen LogP contribution in [0.3, 0.4) is 0 Å². The summed E-state index contributed by atoms with van der Waals surface area (Å²) in [7, 11) is 0. The Bertz CT molecular complexity index is 556. The third-order valence-corrected chi connectivity index (χ3v) is 3.56. The van der Waals surface area contributed by atoms with Gasteiger partial charge in [0, 0.05) is 31.7 Å². The number of ether oxygens (including phenoxy) is 1. The molecule has 21 heavy (non-hydrogen) atoms. The third kappa shape index (κ3) is 3.49. The number of benzene rings is 1. The Morgan fingerprint density at radius 2 is 2.00 bits per heavy atom. The molecule has 3 N–H and O–H groups in total. The lowest BCUT2D eigenvalue weighted by molar-refractivity contribution is -0.148. The molecule has 0 atom stereocenters. The van der Waals surface area contributed by atoms with Gasteiger partial charge in [-0.25, -0.2) is 14.0 Å². The van der Waals surface area contributed by atoms with Crippen LogP contribution in [0.15, 0.2) is 18.2 Å². The van der Waals surface area contributed by atoms with Crippen LogP contribution in [-0.2, 0) is 9.53 Å². The highest BCUT2D eigenvalue weighted by Crippen LogP contribution is 2.22. The van der Waals surface area contributed by atoms with Gasteiger partial charge in [-0.3, -0.25) is 0 Å². The molecule has 6 nitrogen and oxygen atoms in total. The zero-order valence-corrected chi connectivity index (χ0v) is 11.6. The van der Waals surface area contributed by atoms with Crippen molar-refractivity contribution in [2.45, 2.75) is 25.3 Å². The number of nitrogens with one attached hydrogen (secondary N) is 2. The smallest absolute Gasteiger partial charge is 0.329 e. The number of carboxylic acids is 1. The molecule has 0 spiro atoms. The molecule has 2 amide bonds. The molecule has 1 heterocycles.